The van der Waals surface area contributed by atoms with Crippen molar-refractivity contribution in [1.29, 1.82) is 0 Å². The van der Waals surface area contributed by atoms with Crippen LogP contribution in [0.2, 0.25) is 5.02 Å². The Kier molecular flexibility index (Phi) is 5.55. The van der Waals surface area contributed by atoms with E-state index < -0.39 is 18.0 Å². The number of ketones is 1. The molecule has 0 saturated heterocycles. The fourth-order valence-electron chi connectivity index (χ4n) is 4.16. The molecular weight excluding hydrogens is 400 g/mol. The number of para-hydroxylation sites is 1. The molecule has 0 unspecified atom stereocenters. The largest absolute Gasteiger partial charge is 0.372 e. The van der Waals surface area contributed by atoms with E-state index in [9.17, 15) is 14.9 Å². The van der Waals surface area contributed by atoms with Gasteiger partial charge in [-0.25, -0.2) is 0 Å². The van der Waals surface area contributed by atoms with Crippen LogP contribution in [0.25, 0.3) is 0 Å². The molecule has 3 aromatic rings. The van der Waals surface area contributed by atoms with Gasteiger partial charge in [0.15, 0.2) is 5.78 Å². The van der Waals surface area contributed by atoms with Gasteiger partial charge in [0.1, 0.15) is 6.04 Å². The number of hydrogen-bond acceptors (Lipinski definition) is 4. The minimum absolute atomic E-state index is 0.0600. The monoisotopic (exact) mass is 420 g/mol. The quantitative estimate of drug-likeness (QED) is 0.321. The smallest absolute Gasteiger partial charge is 0.244 e. The highest BCUT2D eigenvalue weighted by Gasteiger charge is 2.46. The summed E-state index contributed by atoms with van der Waals surface area (Å²) in [5.74, 6) is -0.663. The van der Waals surface area contributed by atoms with Crippen LogP contribution in [0.3, 0.4) is 0 Å². The number of aryl methyl sites for hydroxylation is 1. The van der Waals surface area contributed by atoms with Gasteiger partial charge in [0, 0.05) is 27.6 Å². The third-order valence-corrected chi connectivity index (χ3v) is 5.89. The van der Waals surface area contributed by atoms with Gasteiger partial charge in [-0.05, 0) is 36.2 Å². The minimum Gasteiger partial charge on any atom is -0.372 e. The molecule has 0 fully saturated rings. The first-order valence-electron chi connectivity index (χ1n) is 9.78. The van der Waals surface area contributed by atoms with Crippen LogP contribution in [0.15, 0.2) is 72.8 Å². The van der Waals surface area contributed by atoms with E-state index in [0.717, 1.165) is 22.4 Å². The lowest BCUT2D eigenvalue weighted by atomic mass is 9.77. The van der Waals surface area contributed by atoms with E-state index in [0.29, 0.717) is 10.6 Å². The summed E-state index contributed by atoms with van der Waals surface area (Å²) in [5.41, 5.74) is 3.95. The Morgan fingerprint density at radius 1 is 1.07 bits per heavy atom. The summed E-state index contributed by atoms with van der Waals surface area (Å²) in [5, 5.41) is 16.1. The van der Waals surface area contributed by atoms with Crippen LogP contribution in [0.1, 0.15) is 45.4 Å². The Bertz CT molecular complexity index is 1100. The number of benzene rings is 3. The second-order valence-electron chi connectivity index (χ2n) is 7.64. The van der Waals surface area contributed by atoms with Crippen LogP contribution in [0.4, 0.5) is 5.69 Å². The van der Waals surface area contributed by atoms with E-state index in [2.05, 4.69) is 5.32 Å². The lowest BCUT2D eigenvalue weighted by Crippen LogP contribution is -2.42. The zero-order valence-corrected chi connectivity index (χ0v) is 17.2. The highest BCUT2D eigenvalue weighted by atomic mass is 35.5. The van der Waals surface area contributed by atoms with Crippen LogP contribution in [0, 0.1) is 17.0 Å². The maximum absolute atomic E-state index is 13.0. The molecule has 4 rings (SSSR count). The zero-order valence-electron chi connectivity index (χ0n) is 16.4. The molecule has 3 atom stereocenters. The Morgan fingerprint density at radius 2 is 1.80 bits per heavy atom. The molecule has 1 aliphatic heterocycles. The summed E-state index contributed by atoms with van der Waals surface area (Å²) in [6.07, 6.45) is 0.0600. The van der Waals surface area contributed by atoms with Crippen molar-refractivity contribution in [3.8, 4) is 0 Å². The second kappa shape index (κ2) is 8.28. The Balaban J connectivity index is 1.76. The predicted octanol–water partition coefficient (Wildman–Crippen LogP) is 5.82. The van der Waals surface area contributed by atoms with Crippen molar-refractivity contribution in [3.63, 3.8) is 0 Å². The van der Waals surface area contributed by atoms with Crippen molar-refractivity contribution in [2.45, 2.75) is 31.3 Å². The Morgan fingerprint density at radius 3 is 2.50 bits per heavy atom. The van der Waals surface area contributed by atoms with E-state index in [4.69, 9.17) is 11.6 Å². The van der Waals surface area contributed by atoms with E-state index >= 15 is 0 Å². The van der Waals surface area contributed by atoms with Crippen LogP contribution in [0.5, 0.6) is 0 Å². The summed E-state index contributed by atoms with van der Waals surface area (Å²) in [7, 11) is 0. The number of carbonyl (C=O) groups is 1. The van der Waals surface area contributed by atoms with Gasteiger partial charge in [-0.1, -0.05) is 71.8 Å². The number of carbonyl (C=O) groups excluding carboxylic acids is 1. The first kappa shape index (κ1) is 20.1. The van der Waals surface area contributed by atoms with Crippen molar-refractivity contribution in [3.05, 3.63) is 110 Å². The maximum atomic E-state index is 13.0. The van der Waals surface area contributed by atoms with Gasteiger partial charge in [0.2, 0.25) is 6.04 Å². The zero-order chi connectivity index (χ0) is 21.3. The molecule has 5 nitrogen and oxygen atoms in total. The van der Waals surface area contributed by atoms with Gasteiger partial charge in [0.25, 0.3) is 0 Å². The van der Waals surface area contributed by atoms with Crippen molar-refractivity contribution >= 4 is 23.1 Å². The molecule has 0 spiro atoms. The number of nitrogens with zero attached hydrogens (tertiary/aromatic N) is 1. The molecule has 0 saturated carbocycles. The molecule has 0 bridgehead atoms. The minimum atomic E-state index is -1.01. The topological polar surface area (TPSA) is 72.2 Å². The van der Waals surface area contributed by atoms with E-state index in [-0.39, 0.29) is 17.1 Å². The van der Waals surface area contributed by atoms with Crippen molar-refractivity contribution in [1.82, 2.24) is 0 Å². The molecule has 1 heterocycles. The number of fused-ring (bicyclic) bond motifs is 1. The van der Waals surface area contributed by atoms with Gasteiger partial charge >= 0.3 is 0 Å². The average Bonchev–Trinajstić information content (AvgIpc) is 2.73. The van der Waals surface area contributed by atoms with Crippen molar-refractivity contribution in [2.75, 3.05) is 5.32 Å². The number of halogens is 1. The molecule has 0 aromatic heterocycles. The van der Waals surface area contributed by atoms with Crippen LogP contribution < -0.4 is 5.32 Å². The van der Waals surface area contributed by atoms with E-state index in [1.165, 1.54) is 0 Å². The highest BCUT2D eigenvalue weighted by molar-refractivity contribution is 6.30. The molecule has 30 heavy (non-hydrogen) atoms. The SMILES string of the molecule is Cc1ccc(C(=O)C[C@@H]2c3ccccc3N[C@@H](c3cccc(Cl)c3)[C@H]2[N+](=O)[O-])cc1. The summed E-state index contributed by atoms with van der Waals surface area (Å²) in [6.45, 7) is 1.95. The summed E-state index contributed by atoms with van der Waals surface area (Å²) in [4.78, 5) is 25.0. The number of rotatable bonds is 5. The molecular formula is C24H21ClN2O3. The van der Waals surface area contributed by atoms with Gasteiger partial charge in [-0.15, -0.1) is 0 Å². The molecule has 6 heteroatoms. The highest BCUT2D eigenvalue weighted by Crippen LogP contribution is 2.44. The first-order chi connectivity index (χ1) is 14.4. The molecule has 0 aliphatic carbocycles. The standard InChI is InChI=1S/C24H21ClN2O3/c1-15-9-11-16(12-10-15)22(28)14-20-19-7-2-3-8-21(19)26-23(24(20)27(29)30)17-5-4-6-18(25)13-17/h2-13,20,23-24,26H,14H2,1H3/t20-,23+,24+/m1/s1. The molecule has 0 radical (unpaired) electrons. The maximum Gasteiger partial charge on any atom is 0.244 e. The lowest BCUT2D eigenvalue weighted by Gasteiger charge is -2.35. The van der Waals surface area contributed by atoms with Crippen LogP contribution in [-0.4, -0.2) is 16.7 Å². The van der Waals surface area contributed by atoms with Crippen molar-refractivity contribution < 1.29 is 9.72 Å². The third-order valence-electron chi connectivity index (χ3n) is 5.66. The van der Waals surface area contributed by atoms with E-state index in [1.54, 1.807) is 30.3 Å². The average molecular weight is 421 g/mol. The number of nitro groups is 1. The van der Waals surface area contributed by atoms with Gasteiger partial charge in [0.05, 0.1) is 5.92 Å². The second-order valence-corrected chi connectivity index (χ2v) is 8.08. The van der Waals surface area contributed by atoms with Gasteiger partial charge in [-0.3, -0.25) is 14.9 Å². The molecule has 152 valence electrons. The number of anilines is 1. The Labute approximate surface area is 179 Å². The fourth-order valence-corrected chi connectivity index (χ4v) is 4.36. The van der Waals surface area contributed by atoms with Gasteiger partial charge < -0.3 is 5.32 Å². The number of nitrogens with one attached hydrogen (secondary N) is 1. The molecule has 1 aliphatic rings. The summed E-state index contributed by atoms with van der Waals surface area (Å²) < 4.78 is 0. The summed E-state index contributed by atoms with van der Waals surface area (Å²) in [6, 6.07) is 20.3. The number of hydrogen-bond donors (Lipinski definition) is 1. The molecule has 3 aromatic carbocycles. The van der Waals surface area contributed by atoms with Crippen molar-refractivity contribution in [2.24, 2.45) is 0 Å². The lowest BCUT2D eigenvalue weighted by molar-refractivity contribution is -0.530. The molecule has 1 N–H and O–H groups in total. The number of Topliss-reactive ketones (excluding diaryl/α,β-unsaturated/α-hetero) is 1. The van der Waals surface area contributed by atoms with Crippen LogP contribution >= 0.6 is 11.6 Å². The van der Waals surface area contributed by atoms with Gasteiger partial charge in [-0.2, -0.15) is 0 Å². The Hall–Kier alpha value is -3.18. The third kappa shape index (κ3) is 3.94. The predicted molar refractivity (Wildman–Crippen MR) is 118 cm³/mol. The normalized spacial score (nSPS) is 20.1. The van der Waals surface area contributed by atoms with Crippen LogP contribution in [-0.2, 0) is 0 Å². The molecule has 0 amide bonds. The summed E-state index contributed by atoms with van der Waals surface area (Å²) >= 11 is 6.15. The fraction of sp³-hybridized carbons (Fsp3) is 0.208. The van der Waals surface area contributed by atoms with E-state index in [1.807, 2.05) is 49.4 Å². The first-order valence-corrected chi connectivity index (χ1v) is 10.2.